The Hall–Kier alpha value is -3.48. The molecule has 2 aromatic carbocycles. The minimum absolute atomic E-state index is 0.164. The molecule has 0 aliphatic heterocycles. The van der Waals surface area contributed by atoms with Gasteiger partial charge in [-0.15, -0.1) is 0 Å². The van der Waals surface area contributed by atoms with Crippen LogP contribution in [0.25, 0.3) is 0 Å². The van der Waals surface area contributed by atoms with E-state index in [1.807, 2.05) is 24.3 Å². The standard InChI is InChI=1S/C22H24FN5O/c1-4-28(5-2)17-12-10-16(11-13-17)25-21(29)20-14-15(3)24-22(27-20)26-19-9-7-6-8-18(19)23/h6-14H,4-5H2,1-3H3,(H,25,29)(H,24,26,27). The van der Waals surface area contributed by atoms with Gasteiger partial charge in [-0.3, -0.25) is 4.79 Å². The minimum Gasteiger partial charge on any atom is -0.372 e. The summed E-state index contributed by atoms with van der Waals surface area (Å²) >= 11 is 0. The third kappa shape index (κ3) is 5.07. The van der Waals surface area contributed by atoms with E-state index in [2.05, 4.69) is 39.3 Å². The summed E-state index contributed by atoms with van der Waals surface area (Å²) in [6, 6.07) is 15.5. The van der Waals surface area contributed by atoms with Crippen molar-refractivity contribution in [1.82, 2.24) is 9.97 Å². The molecule has 2 N–H and O–H groups in total. The van der Waals surface area contributed by atoms with E-state index in [1.165, 1.54) is 6.07 Å². The highest BCUT2D eigenvalue weighted by molar-refractivity contribution is 6.03. The zero-order valence-electron chi connectivity index (χ0n) is 16.7. The van der Waals surface area contributed by atoms with Gasteiger partial charge in [-0.2, -0.15) is 0 Å². The Morgan fingerprint density at radius 2 is 1.72 bits per heavy atom. The molecule has 29 heavy (non-hydrogen) atoms. The summed E-state index contributed by atoms with van der Waals surface area (Å²) in [5, 5.41) is 5.66. The van der Waals surface area contributed by atoms with Crippen LogP contribution < -0.4 is 15.5 Å². The third-order valence-corrected chi connectivity index (χ3v) is 4.46. The van der Waals surface area contributed by atoms with Crippen molar-refractivity contribution in [3.63, 3.8) is 0 Å². The van der Waals surface area contributed by atoms with Crippen LogP contribution in [0.2, 0.25) is 0 Å². The summed E-state index contributed by atoms with van der Waals surface area (Å²) in [4.78, 5) is 23.3. The van der Waals surface area contributed by atoms with Crippen LogP contribution in [-0.2, 0) is 0 Å². The first-order valence-corrected chi connectivity index (χ1v) is 9.53. The Balaban J connectivity index is 1.75. The molecule has 0 saturated heterocycles. The van der Waals surface area contributed by atoms with Gasteiger partial charge in [0.15, 0.2) is 0 Å². The van der Waals surface area contributed by atoms with Crippen molar-refractivity contribution in [3.8, 4) is 0 Å². The lowest BCUT2D eigenvalue weighted by Crippen LogP contribution is -2.21. The maximum atomic E-state index is 13.9. The monoisotopic (exact) mass is 393 g/mol. The third-order valence-electron chi connectivity index (χ3n) is 4.46. The molecule has 0 aliphatic carbocycles. The average Bonchev–Trinajstić information content (AvgIpc) is 2.71. The number of hydrogen-bond donors (Lipinski definition) is 2. The quantitative estimate of drug-likeness (QED) is 0.605. The van der Waals surface area contributed by atoms with Gasteiger partial charge >= 0.3 is 0 Å². The van der Waals surface area contributed by atoms with Crippen molar-refractivity contribution in [1.29, 1.82) is 0 Å². The summed E-state index contributed by atoms with van der Waals surface area (Å²) in [6.45, 7) is 7.79. The van der Waals surface area contributed by atoms with Gasteiger partial charge in [0.1, 0.15) is 11.5 Å². The lowest BCUT2D eigenvalue weighted by atomic mass is 10.2. The Labute approximate surface area is 169 Å². The molecule has 6 nitrogen and oxygen atoms in total. The van der Waals surface area contributed by atoms with Crippen molar-refractivity contribution in [2.45, 2.75) is 20.8 Å². The molecule has 3 aromatic rings. The van der Waals surface area contributed by atoms with Crippen molar-refractivity contribution in [2.75, 3.05) is 28.6 Å². The number of anilines is 4. The van der Waals surface area contributed by atoms with E-state index in [0.717, 1.165) is 18.8 Å². The van der Waals surface area contributed by atoms with Crippen LogP contribution in [0.15, 0.2) is 54.6 Å². The topological polar surface area (TPSA) is 70.2 Å². The van der Waals surface area contributed by atoms with Crippen molar-refractivity contribution < 1.29 is 9.18 Å². The first kappa shape index (κ1) is 20.3. The van der Waals surface area contributed by atoms with Crippen LogP contribution in [0.5, 0.6) is 0 Å². The van der Waals surface area contributed by atoms with Gasteiger partial charge in [-0.1, -0.05) is 12.1 Å². The maximum absolute atomic E-state index is 13.9. The number of nitrogens with zero attached hydrogens (tertiary/aromatic N) is 3. The molecule has 1 amide bonds. The van der Waals surface area contributed by atoms with Gasteiger partial charge in [0.05, 0.1) is 5.69 Å². The summed E-state index contributed by atoms with van der Waals surface area (Å²) in [5.41, 5.74) is 2.81. The van der Waals surface area contributed by atoms with Gasteiger partial charge in [-0.25, -0.2) is 14.4 Å². The first-order chi connectivity index (χ1) is 14.0. The van der Waals surface area contributed by atoms with E-state index in [4.69, 9.17) is 0 Å². The van der Waals surface area contributed by atoms with E-state index < -0.39 is 5.82 Å². The van der Waals surface area contributed by atoms with E-state index in [9.17, 15) is 9.18 Å². The number of carbonyl (C=O) groups excluding carboxylic acids is 1. The van der Waals surface area contributed by atoms with Gasteiger partial charge in [-0.05, 0) is 63.2 Å². The second-order valence-corrected chi connectivity index (χ2v) is 6.50. The van der Waals surface area contributed by atoms with Crippen LogP contribution in [0, 0.1) is 12.7 Å². The van der Waals surface area contributed by atoms with Crippen molar-refractivity contribution >= 4 is 28.9 Å². The molecular formula is C22H24FN5O. The maximum Gasteiger partial charge on any atom is 0.274 e. The average molecular weight is 393 g/mol. The molecular weight excluding hydrogens is 369 g/mol. The number of aryl methyl sites for hydroxylation is 1. The van der Waals surface area contributed by atoms with E-state index >= 15 is 0 Å². The molecule has 0 fully saturated rings. The molecule has 1 aromatic heterocycles. The fraction of sp³-hybridized carbons (Fsp3) is 0.227. The predicted molar refractivity (Wildman–Crippen MR) is 114 cm³/mol. The zero-order chi connectivity index (χ0) is 20.8. The number of benzene rings is 2. The molecule has 0 radical (unpaired) electrons. The second-order valence-electron chi connectivity index (χ2n) is 6.50. The number of aromatic nitrogens is 2. The Bertz CT molecular complexity index is 987. The lowest BCUT2D eigenvalue weighted by Gasteiger charge is -2.21. The van der Waals surface area contributed by atoms with Crippen LogP contribution in [0.1, 0.15) is 30.0 Å². The number of rotatable bonds is 7. The van der Waals surface area contributed by atoms with Crippen LogP contribution in [-0.4, -0.2) is 29.0 Å². The van der Waals surface area contributed by atoms with E-state index in [-0.39, 0.29) is 23.2 Å². The highest BCUT2D eigenvalue weighted by Crippen LogP contribution is 2.20. The molecule has 7 heteroatoms. The Kier molecular flexibility index (Phi) is 6.39. The Morgan fingerprint density at radius 1 is 1.03 bits per heavy atom. The number of hydrogen-bond acceptors (Lipinski definition) is 5. The largest absolute Gasteiger partial charge is 0.372 e. The molecule has 150 valence electrons. The molecule has 0 unspecified atom stereocenters. The second kappa shape index (κ2) is 9.14. The van der Waals surface area contributed by atoms with Gasteiger partial charge in [0, 0.05) is 30.2 Å². The summed E-state index contributed by atoms with van der Waals surface area (Å²) in [5.74, 6) is -0.614. The number of carbonyl (C=O) groups is 1. The van der Waals surface area contributed by atoms with E-state index in [1.54, 1.807) is 31.2 Å². The highest BCUT2D eigenvalue weighted by Gasteiger charge is 2.12. The van der Waals surface area contributed by atoms with Crippen LogP contribution in [0.4, 0.5) is 27.4 Å². The summed E-state index contributed by atoms with van der Waals surface area (Å²) in [7, 11) is 0. The predicted octanol–water partition coefficient (Wildman–Crippen LogP) is 4.77. The number of nitrogens with one attached hydrogen (secondary N) is 2. The number of amides is 1. The highest BCUT2D eigenvalue weighted by atomic mass is 19.1. The van der Waals surface area contributed by atoms with Gasteiger partial charge < -0.3 is 15.5 Å². The molecule has 3 rings (SSSR count). The smallest absolute Gasteiger partial charge is 0.274 e. The molecule has 0 spiro atoms. The SMILES string of the molecule is CCN(CC)c1ccc(NC(=O)c2cc(C)nc(Nc3ccccc3F)n2)cc1. The van der Waals surface area contributed by atoms with Crippen molar-refractivity contribution in [3.05, 3.63) is 71.8 Å². The normalized spacial score (nSPS) is 10.5. The first-order valence-electron chi connectivity index (χ1n) is 9.53. The molecule has 0 saturated carbocycles. The Morgan fingerprint density at radius 3 is 2.38 bits per heavy atom. The van der Waals surface area contributed by atoms with Gasteiger partial charge in [0.25, 0.3) is 5.91 Å². The van der Waals surface area contributed by atoms with Gasteiger partial charge in [0.2, 0.25) is 5.95 Å². The fourth-order valence-electron chi connectivity index (χ4n) is 2.96. The lowest BCUT2D eigenvalue weighted by molar-refractivity contribution is 0.102. The molecule has 0 aliphatic rings. The minimum atomic E-state index is -0.420. The van der Waals surface area contributed by atoms with Crippen molar-refractivity contribution in [2.24, 2.45) is 0 Å². The summed E-state index contributed by atoms with van der Waals surface area (Å²) in [6.07, 6.45) is 0. The summed E-state index contributed by atoms with van der Waals surface area (Å²) < 4.78 is 13.9. The fourth-order valence-corrected chi connectivity index (χ4v) is 2.96. The van der Waals surface area contributed by atoms with Crippen LogP contribution in [0.3, 0.4) is 0 Å². The molecule has 1 heterocycles. The number of para-hydroxylation sites is 1. The van der Waals surface area contributed by atoms with Crippen LogP contribution >= 0.6 is 0 Å². The zero-order valence-corrected chi connectivity index (χ0v) is 16.7. The molecule has 0 bridgehead atoms. The van der Waals surface area contributed by atoms with E-state index in [0.29, 0.717) is 11.4 Å². The molecule has 0 atom stereocenters. The number of halogens is 1.